The Kier molecular flexibility index (Phi) is 9.62. The Bertz CT molecular complexity index is 619. The first kappa shape index (κ1) is 21.0. The fraction of sp³-hybridized carbons (Fsp3) is 0.316. The summed E-state index contributed by atoms with van der Waals surface area (Å²) in [6, 6.07) is 17.2. The van der Waals surface area contributed by atoms with E-state index >= 15 is 0 Å². The van der Waals surface area contributed by atoms with Gasteiger partial charge in [0, 0.05) is 6.54 Å². The number of carbonyl (C=O) groups excluding carboxylic acids is 1. The summed E-state index contributed by atoms with van der Waals surface area (Å²) in [5.74, 6) is 0.233. The summed E-state index contributed by atoms with van der Waals surface area (Å²) in [5, 5.41) is 13.3. The van der Waals surface area contributed by atoms with Crippen molar-refractivity contribution in [2.75, 3.05) is 26.8 Å². The largest absolute Gasteiger partial charge is 0.482 e. The van der Waals surface area contributed by atoms with Gasteiger partial charge in [0.2, 0.25) is 0 Å². The van der Waals surface area contributed by atoms with E-state index in [1.165, 1.54) is 7.11 Å². The lowest BCUT2D eigenvalue weighted by molar-refractivity contribution is -0.142. The number of carbonyl (C=O) groups is 1. The van der Waals surface area contributed by atoms with Crippen molar-refractivity contribution in [1.29, 1.82) is 0 Å². The van der Waals surface area contributed by atoms with E-state index in [9.17, 15) is 9.90 Å². The molecule has 0 aliphatic rings. The summed E-state index contributed by atoms with van der Waals surface area (Å²) < 4.78 is 9.82. The minimum absolute atomic E-state index is 0. The van der Waals surface area contributed by atoms with Crippen molar-refractivity contribution in [3.05, 3.63) is 65.7 Å². The summed E-state index contributed by atoms with van der Waals surface area (Å²) in [6.07, 6.45) is 0.346. The van der Waals surface area contributed by atoms with Crippen molar-refractivity contribution in [3.63, 3.8) is 0 Å². The van der Waals surface area contributed by atoms with Crippen molar-refractivity contribution in [2.24, 2.45) is 0 Å². The highest BCUT2D eigenvalue weighted by atomic mass is 35.5. The molecule has 0 spiro atoms. The van der Waals surface area contributed by atoms with E-state index in [0.717, 1.165) is 24.1 Å². The topological polar surface area (TPSA) is 67.8 Å². The van der Waals surface area contributed by atoms with Crippen LogP contribution >= 0.6 is 12.4 Å². The standard InChI is InChI=1S/C19H23NO4.ClH/c1-23-19(22)14-24-17-9-7-15(8-10-17)11-12-20-13-18(21)16-5-3-2-4-6-16;/h2-10,18,20-21H,11-14H2,1H3;1H/t18-;/m0./s1. The zero-order valence-corrected chi connectivity index (χ0v) is 15.0. The Hall–Kier alpha value is -2.08. The van der Waals surface area contributed by atoms with E-state index in [2.05, 4.69) is 10.1 Å². The maximum absolute atomic E-state index is 11.0. The monoisotopic (exact) mass is 365 g/mol. The number of esters is 1. The van der Waals surface area contributed by atoms with Crippen LogP contribution in [-0.2, 0) is 16.0 Å². The van der Waals surface area contributed by atoms with Gasteiger partial charge in [-0.2, -0.15) is 0 Å². The van der Waals surface area contributed by atoms with Crippen LogP contribution < -0.4 is 10.1 Å². The second-order valence-electron chi connectivity index (χ2n) is 5.39. The summed E-state index contributed by atoms with van der Waals surface area (Å²) in [7, 11) is 1.33. The fourth-order valence-electron chi connectivity index (χ4n) is 2.22. The van der Waals surface area contributed by atoms with Crippen LogP contribution in [0.3, 0.4) is 0 Å². The number of aliphatic hydroxyl groups is 1. The molecule has 136 valence electrons. The zero-order valence-electron chi connectivity index (χ0n) is 14.2. The van der Waals surface area contributed by atoms with Crippen LogP contribution in [0.2, 0.25) is 0 Å². The average Bonchev–Trinajstić information content (AvgIpc) is 2.64. The lowest BCUT2D eigenvalue weighted by atomic mass is 10.1. The number of aliphatic hydroxyl groups excluding tert-OH is 1. The Labute approximate surface area is 154 Å². The van der Waals surface area contributed by atoms with Crippen molar-refractivity contribution in [1.82, 2.24) is 5.32 Å². The zero-order chi connectivity index (χ0) is 17.2. The Morgan fingerprint density at radius 2 is 1.80 bits per heavy atom. The van der Waals surface area contributed by atoms with Gasteiger partial charge in [-0.05, 0) is 36.2 Å². The highest BCUT2D eigenvalue weighted by Crippen LogP contribution is 2.13. The lowest BCUT2D eigenvalue weighted by Crippen LogP contribution is -2.23. The van der Waals surface area contributed by atoms with Gasteiger partial charge in [0.25, 0.3) is 0 Å². The second kappa shape index (κ2) is 11.5. The van der Waals surface area contributed by atoms with Crippen LogP contribution in [0.5, 0.6) is 5.75 Å². The van der Waals surface area contributed by atoms with Crippen LogP contribution in [0.15, 0.2) is 54.6 Å². The van der Waals surface area contributed by atoms with Crippen molar-refractivity contribution < 1.29 is 19.4 Å². The van der Waals surface area contributed by atoms with Crippen LogP contribution in [-0.4, -0.2) is 37.9 Å². The van der Waals surface area contributed by atoms with E-state index in [4.69, 9.17) is 4.74 Å². The second-order valence-corrected chi connectivity index (χ2v) is 5.39. The summed E-state index contributed by atoms with van der Waals surface area (Å²) in [6.45, 7) is 1.20. The van der Waals surface area contributed by atoms with Gasteiger partial charge in [-0.1, -0.05) is 42.5 Å². The Morgan fingerprint density at radius 3 is 2.44 bits per heavy atom. The Balaban J connectivity index is 0.00000312. The number of ether oxygens (including phenoxy) is 2. The molecule has 2 aromatic rings. The minimum Gasteiger partial charge on any atom is -0.482 e. The number of nitrogens with one attached hydrogen (secondary N) is 1. The normalized spacial score (nSPS) is 11.3. The molecule has 0 amide bonds. The number of methoxy groups -OCH3 is 1. The first-order valence-electron chi connectivity index (χ1n) is 7.91. The predicted molar refractivity (Wildman–Crippen MR) is 99.2 cm³/mol. The minimum atomic E-state index is -0.500. The molecule has 0 fully saturated rings. The van der Waals surface area contributed by atoms with Gasteiger partial charge < -0.3 is 19.9 Å². The molecule has 2 N–H and O–H groups in total. The first-order chi connectivity index (χ1) is 11.7. The molecule has 0 aromatic heterocycles. The van der Waals surface area contributed by atoms with Crippen LogP contribution in [0.25, 0.3) is 0 Å². The highest BCUT2D eigenvalue weighted by Gasteiger charge is 2.06. The number of hydrogen-bond acceptors (Lipinski definition) is 5. The molecule has 0 bridgehead atoms. The van der Waals surface area contributed by atoms with Gasteiger partial charge in [0.1, 0.15) is 5.75 Å². The van der Waals surface area contributed by atoms with E-state index < -0.39 is 12.1 Å². The van der Waals surface area contributed by atoms with Gasteiger partial charge in [-0.15, -0.1) is 12.4 Å². The maximum Gasteiger partial charge on any atom is 0.343 e. The van der Waals surface area contributed by atoms with E-state index in [-0.39, 0.29) is 19.0 Å². The third kappa shape index (κ3) is 7.56. The summed E-state index contributed by atoms with van der Waals surface area (Å²) in [5.41, 5.74) is 2.07. The summed E-state index contributed by atoms with van der Waals surface area (Å²) in [4.78, 5) is 11.0. The van der Waals surface area contributed by atoms with E-state index in [1.807, 2.05) is 54.6 Å². The third-order valence-electron chi connectivity index (χ3n) is 3.62. The fourth-order valence-corrected chi connectivity index (χ4v) is 2.22. The quantitative estimate of drug-likeness (QED) is 0.528. The van der Waals surface area contributed by atoms with Gasteiger partial charge in [0.05, 0.1) is 13.2 Å². The molecular formula is C19H24ClNO4. The molecule has 0 saturated heterocycles. The smallest absolute Gasteiger partial charge is 0.343 e. The number of rotatable bonds is 9. The van der Waals surface area contributed by atoms with E-state index in [0.29, 0.717) is 12.3 Å². The molecule has 0 unspecified atom stereocenters. The van der Waals surface area contributed by atoms with Crippen molar-refractivity contribution in [2.45, 2.75) is 12.5 Å². The SMILES string of the molecule is COC(=O)COc1ccc(CCNC[C@H](O)c2ccccc2)cc1.Cl. The molecule has 0 saturated carbocycles. The number of halogens is 1. The van der Waals surface area contributed by atoms with Gasteiger partial charge in [0.15, 0.2) is 6.61 Å². The van der Waals surface area contributed by atoms with Crippen molar-refractivity contribution >= 4 is 18.4 Å². The maximum atomic E-state index is 11.0. The molecule has 0 aliphatic heterocycles. The molecular weight excluding hydrogens is 342 g/mol. The van der Waals surface area contributed by atoms with Gasteiger partial charge in [-0.25, -0.2) is 4.79 Å². The number of benzene rings is 2. The first-order valence-corrected chi connectivity index (χ1v) is 7.91. The number of hydrogen-bond donors (Lipinski definition) is 2. The van der Waals surface area contributed by atoms with Gasteiger partial charge >= 0.3 is 5.97 Å². The molecule has 2 aromatic carbocycles. The summed E-state index contributed by atoms with van der Waals surface area (Å²) >= 11 is 0. The molecule has 25 heavy (non-hydrogen) atoms. The molecule has 6 heteroatoms. The lowest BCUT2D eigenvalue weighted by Gasteiger charge is -2.12. The molecule has 2 rings (SSSR count). The predicted octanol–water partition coefficient (Wildman–Crippen LogP) is 2.53. The van der Waals surface area contributed by atoms with E-state index in [1.54, 1.807) is 0 Å². The van der Waals surface area contributed by atoms with Gasteiger partial charge in [-0.3, -0.25) is 0 Å². The average molecular weight is 366 g/mol. The highest BCUT2D eigenvalue weighted by molar-refractivity contribution is 5.85. The van der Waals surface area contributed by atoms with Crippen molar-refractivity contribution in [3.8, 4) is 5.75 Å². The Morgan fingerprint density at radius 1 is 1.12 bits per heavy atom. The molecule has 5 nitrogen and oxygen atoms in total. The third-order valence-corrected chi connectivity index (χ3v) is 3.62. The molecule has 0 heterocycles. The van der Waals surface area contributed by atoms with Crippen LogP contribution in [0, 0.1) is 0 Å². The molecule has 0 aliphatic carbocycles. The van der Waals surface area contributed by atoms with Crippen LogP contribution in [0.1, 0.15) is 17.2 Å². The van der Waals surface area contributed by atoms with Crippen LogP contribution in [0.4, 0.5) is 0 Å². The molecule has 0 radical (unpaired) electrons. The molecule has 1 atom stereocenters.